The average Bonchev–Trinajstić information content (AvgIpc) is 3.31. The molecule has 4 rings (SSSR count). The van der Waals surface area contributed by atoms with Crippen LogP contribution in [-0.2, 0) is 16.0 Å². The van der Waals surface area contributed by atoms with Gasteiger partial charge in [-0.05, 0) is 44.5 Å². The van der Waals surface area contributed by atoms with E-state index in [9.17, 15) is 4.79 Å². The smallest absolute Gasteiger partial charge is 0.289 e. The molecule has 150 valence electrons. The summed E-state index contributed by atoms with van der Waals surface area (Å²) in [5.41, 5.74) is 0. The van der Waals surface area contributed by atoms with Crippen LogP contribution in [0.5, 0.6) is 0 Å². The molecule has 4 heterocycles. The predicted octanol–water partition coefficient (Wildman–Crippen LogP) is 1.44. The Bertz CT molecular complexity index is 608. The van der Waals surface area contributed by atoms with E-state index in [2.05, 4.69) is 9.80 Å². The van der Waals surface area contributed by atoms with Crippen LogP contribution in [0.1, 0.15) is 35.6 Å². The molecule has 1 aromatic heterocycles. The van der Waals surface area contributed by atoms with E-state index in [0.717, 1.165) is 71.2 Å². The van der Waals surface area contributed by atoms with E-state index >= 15 is 0 Å². The number of nitrogens with zero attached hydrogens (tertiary/aromatic N) is 3. The molecule has 3 aliphatic rings. The number of furan rings is 1. The molecule has 0 radical (unpaired) electrons. The Morgan fingerprint density at radius 2 is 1.78 bits per heavy atom. The van der Waals surface area contributed by atoms with Crippen LogP contribution in [0.2, 0.25) is 0 Å². The highest BCUT2D eigenvalue weighted by atomic mass is 16.5. The summed E-state index contributed by atoms with van der Waals surface area (Å²) in [7, 11) is 0. The van der Waals surface area contributed by atoms with Gasteiger partial charge < -0.3 is 18.8 Å². The Labute approximate surface area is 161 Å². The Hall–Kier alpha value is -1.41. The van der Waals surface area contributed by atoms with Gasteiger partial charge in [0, 0.05) is 39.3 Å². The van der Waals surface area contributed by atoms with Crippen LogP contribution < -0.4 is 0 Å². The van der Waals surface area contributed by atoms with Gasteiger partial charge >= 0.3 is 0 Å². The van der Waals surface area contributed by atoms with Crippen molar-refractivity contribution in [1.82, 2.24) is 14.7 Å². The maximum atomic E-state index is 13.0. The zero-order chi connectivity index (χ0) is 18.5. The molecule has 0 spiro atoms. The number of hydrogen-bond donors (Lipinski definition) is 0. The molecule has 0 aliphatic carbocycles. The number of amides is 1. The molecule has 0 aromatic carbocycles. The van der Waals surface area contributed by atoms with Crippen molar-refractivity contribution in [3.63, 3.8) is 0 Å². The second kappa shape index (κ2) is 9.19. The van der Waals surface area contributed by atoms with Gasteiger partial charge in [0.2, 0.25) is 0 Å². The normalized spacial score (nSPS) is 25.6. The summed E-state index contributed by atoms with van der Waals surface area (Å²) >= 11 is 0. The van der Waals surface area contributed by atoms with Crippen molar-refractivity contribution in [2.75, 3.05) is 65.6 Å². The molecule has 3 fully saturated rings. The number of carbonyl (C=O) groups excluding carboxylic acids is 1. The number of likely N-dealkylation sites (tertiary alicyclic amines) is 1. The molecule has 0 bridgehead atoms. The third-order valence-electron chi connectivity index (χ3n) is 5.65. The van der Waals surface area contributed by atoms with Crippen molar-refractivity contribution in [2.45, 2.75) is 31.9 Å². The summed E-state index contributed by atoms with van der Waals surface area (Å²) in [6.07, 6.45) is 3.43. The predicted molar refractivity (Wildman–Crippen MR) is 101 cm³/mol. The lowest BCUT2D eigenvalue weighted by Crippen LogP contribution is -2.45. The average molecular weight is 377 g/mol. The zero-order valence-corrected chi connectivity index (χ0v) is 16.1. The standard InChI is InChI=1S/C20H31N3O4/c24-20(19-5-4-17(27-19)14-21-6-1-2-7-21)23-8-3-11-26-18(16-23)15-22-9-12-25-13-10-22/h4-5,18H,1-3,6-16H2/t18-/m1/s1. The fourth-order valence-corrected chi connectivity index (χ4v) is 4.16. The second-order valence-corrected chi connectivity index (χ2v) is 7.76. The maximum Gasteiger partial charge on any atom is 0.289 e. The summed E-state index contributed by atoms with van der Waals surface area (Å²) in [5, 5.41) is 0. The number of carbonyl (C=O) groups is 1. The molecule has 3 aliphatic heterocycles. The van der Waals surface area contributed by atoms with Crippen LogP contribution in [-0.4, -0.2) is 92.3 Å². The first-order chi connectivity index (χ1) is 13.3. The van der Waals surface area contributed by atoms with Gasteiger partial charge in [0.1, 0.15) is 5.76 Å². The molecule has 0 unspecified atom stereocenters. The van der Waals surface area contributed by atoms with E-state index in [0.29, 0.717) is 18.9 Å². The number of hydrogen-bond acceptors (Lipinski definition) is 6. The topological polar surface area (TPSA) is 58.4 Å². The van der Waals surface area contributed by atoms with Gasteiger partial charge in [-0.25, -0.2) is 0 Å². The highest BCUT2D eigenvalue weighted by Crippen LogP contribution is 2.18. The molecule has 1 amide bonds. The van der Waals surface area contributed by atoms with Crippen LogP contribution in [0.15, 0.2) is 16.5 Å². The van der Waals surface area contributed by atoms with E-state index in [1.54, 1.807) is 0 Å². The van der Waals surface area contributed by atoms with Crippen molar-refractivity contribution in [2.24, 2.45) is 0 Å². The molecule has 0 saturated carbocycles. The van der Waals surface area contributed by atoms with Crippen molar-refractivity contribution in [3.8, 4) is 0 Å². The Morgan fingerprint density at radius 3 is 2.59 bits per heavy atom. The Kier molecular flexibility index (Phi) is 6.44. The van der Waals surface area contributed by atoms with Crippen molar-refractivity contribution in [3.05, 3.63) is 23.7 Å². The number of morpholine rings is 1. The van der Waals surface area contributed by atoms with Gasteiger partial charge in [-0.1, -0.05) is 0 Å². The third kappa shape index (κ3) is 5.10. The quantitative estimate of drug-likeness (QED) is 0.774. The highest BCUT2D eigenvalue weighted by molar-refractivity contribution is 5.91. The second-order valence-electron chi connectivity index (χ2n) is 7.76. The van der Waals surface area contributed by atoms with E-state index < -0.39 is 0 Å². The largest absolute Gasteiger partial charge is 0.455 e. The SMILES string of the molecule is O=C(c1ccc(CN2CCCC2)o1)N1CCCO[C@H](CN2CCOCC2)C1. The van der Waals surface area contributed by atoms with Gasteiger partial charge in [-0.15, -0.1) is 0 Å². The molecule has 7 nitrogen and oxygen atoms in total. The van der Waals surface area contributed by atoms with Crippen molar-refractivity contribution < 1.29 is 18.7 Å². The first-order valence-electron chi connectivity index (χ1n) is 10.3. The van der Waals surface area contributed by atoms with E-state index in [1.165, 1.54) is 12.8 Å². The molecule has 3 saturated heterocycles. The van der Waals surface area contributed by atoms with Crippen molar-refractivity contribution >= 4 is 5.91 Å². The molecule has 0 N–H and O–H groups in total. The monoisotopic (exact) mass is 377 g/mol. The number of rotatable bonds is 5. The summed E-state index contributed by atoms with van der Waals surface area (Å²) in [6, 6.07) is 3.78. The van der Waals surface area contributed by atoms with E-state index in [-0.39, 0.29) is 12.0 Å². The zero-order valence-electron chi connectivity index (χ0n) is 16.1. The van der Waals surface area contributed by atoms with Gasteiger partial charge in [0.25, 0.3) is 5.91 Å². The number of ether oxygens (including phenoxy) is 2. The van der Waals surface area contributed by atoms with E-state index in [1.807, 2.05) is 17.0 Å². The van der Waals surface area contributed by atoms with Crippen LogP contribution in [0.4, 0.5) is 0 Å². The van der Waals surface area contributed by atoms with Gasteiger partial charge in [0.05, 0.1) is 25.9 Å². The molecule has 7 heteroatoms. The Balaban J connectivity index is 1.34. The van der Waals surface area contributed by atoms with Crippen molar-refractivity contribution in [1.29, 1.82) is 0 Å². The molecular formula is C20H31N3O4. The molecule has 1 aromatic rings. The fraction of sp³-hybridized carbons (Fsp3) is 0.750. The highest BCUT2D eigenvalue weighted by Gasteiger charge is 2.27. The summed E-state index contributed by atoms with van der Waals surface area (Å²) in [6.45, 7) is 9.38. The van der Waals surface area contributed by atoms with Crippen LogP contribution in [0, 0.1) is 0 Å². The minimum absolute atomic E-state index is 0.0138. The summed E-state index contributed by atoms with van der Waals surface area (Å²) < 4.78 is 17.3. The van der Waals surface area contributed by atoms with Gasteiger partial charge in [-0.3, -0.25) is 14.6 Å². The minimum atomic E-state index is -0.0138. The van der Waals surface area contributed by atoms with Crippen LogP contribution >= 0.6 is 0 Å². The third-order valence-corrected chi connectivity index (χ3v) is 5.65. The van der Waals surface area contributed by atoms with Gasteiger partial charge in [-0.2, -0.15) is 0 Å². The van der Waals surface area contributed by atoms with Crippen LogP contribution in [0.3, 0.4) is 0 Å². The van der Waals surface area contributed by atoms with E-state index in [4.69, 9.17) is 13.9 Å². The summed E-state index contributed by atoms with van der Waals surface area (Å²) in [5.74, 6) is 1.33. The molecular weight excluding hydrogens is 346 g/mol. The fourth-order valence-electron chi connectivity index (χ4n) is 4.16. The molecule has 1 atom stereocenters. The van der Waals surface area contributed by atoms with Gasteiger partial charge in [0.15, 0.2) is 5.76 Å². The lowest BCUT2D eigenvalue weighted by molar-refractivity contribution is -0.0114. The van der Waals surface area contributed by atoms with Crippen LogP contribution in [0.25, 0.3) is 0 Å². The maximum absolute atomic E-state index is 13.0. The lowest BCUT2D eigenvalue weighted by atomic mass is 10.2. The molecule has 27 heavy (non-hydrogen) atoms. The summed E-state index contributed by atoms with van der Waals surface area (Å²) in [4.78, 5) is 19.6. The lowest BCUT2D eigenvalue weighted by Gasteiger charge is -2.31. The first kappa shape index (κ1) is 18.9. The minimum Gasteiger partial charge on any atom is -0.455 e. The Morgan fingerprint density at radius 1 is 0.963 bits per heavy atom. The first-order valence-corrected chi connectivity index (χ1v) is 10.3.